The molecule has 0 bridgehead atoms. The highest BCUT2D eigenvalue weighted by molar-refractivity contribution is 5.97. The molecule has 0 saturated heterocycles. The van der Waals surface area contributed by atoms with Gasteiger partial charge in [-0.3, -0.25) is 4.79 Å². The summed E-state index contributed by atoms with van der Waals surface area (Å²) in [6.07, 6.45) is 3.65. The summed E-state index contributed by atoms with van der Waals surface area (Å²) in [4.78, 5) is 18.9. The summed E-state index contributed by atoms with van der Waals surface area (Å²) in [5, 5.41) is 10.7. The molecule has 3 aromatic heterocycles. The molecule has 0 radical (unpaired) electrons. The number of halogens is 1. The Kier molecular flexibility index (Phi) is 3.91. The Morgan fingerprint density at radius 2 is 2.04 bits per heavy atom. The van der Waals surface area contributed by atoms with Crippen LogP contribution in [0.4, 0.5) is 0 Å². The van der Waals surface area contributed by atoms with Crippen LogP contribution in [0.3, 0.4) is 0 Å². The molecular weight excluding hydrogens is 330 g/mol. The molecule has 1 aromatic carbocycles. The van der Waals surface area contributed by atoms with Gasteiger partial charge in [0.25, 0.3) is 0 Å². The quantitative estimate of drug-likeness (QED) is 0.586. The maximum atomic E-state index is 11.6. The Hall–Kier alpha value is -2.99. The Labute approximate surface area is 142 Å². The molecule has 3 heterocycles. The molecule has 7 heteroatoms. The number of hydrogen-bond donors (Lipinski definition) is 2. The van der Waals surface area contributed by atoms with E-state index in [0.29, 0.717) is 22.6 Å². The van der Waals surface area contributed by atoms with Gasteiger partial charge in [0.1, 0.15) is 5.75 Å². The fraction of sp³-hybridized carbons (Fsp3) is 0.0588. The van der Waals surface area contributed by atoms with Gasteiger partial charge in [-0.1, -0.05) is 0 Å². The average molecular weight is 344 g/mol. The summed E-state index contributed by atoms with van der Waals surface area (Å²) in [5.74, 6) is 0.707. The lowest BCUT2D eigenvalue weighted by atomic mass is 10.1. The summed E-state index contributed by atoms with van der Waals surface area (Å²) in [6, 6.07) is 10.2. The molecule has 0 atom stereocenters. The van der Waals surface area contributed by atoms with Crippen molar-refractivity contribution < 1.29 is 9.84 Å². The molecule has 0 aliphatic heterocycles. The number of aromatic hydroxyl groups is 1. The van der Waals surface area contributed by atoms with E-state index in [9.17, 15) is 9.90 Å². The van der Waals surface area contributed by atoms with Crippen molar-refractivity contribution >= 4 is 29.0 Å². The normalized spacial score (nSPS) is 10.7. The Bertz CT molecular complexity index is 1100. The van der Waals surface area contributed by atoms with Crippen LogP contribution in [0.15, 0.2) is 53.6 Å². The third kappa shape index (κ3) is 2.37. The predicted octanol–water partition coefficient (Wildman–Crippen LogP) is 2.98. The van der Waals surface area contributed by atoms with Crippen molar-refractivity contribution in [3.05, 3.63) is 59.1 Å². The van der Waals surface area contributed by atoms with E-state index in [-0.39, 0.29) is 23.7 Å². The standard InChI is InChI=1S/C17H13N3O3.ClH/c1-23-14-6-4-10(11-5-7-15(22)19-16(11)14)12-9-20-8-2-3-13(21)17(20)18-12;/h2-9,21H,1H3,(H,19,22);1H. The number of fused-ring (bicyclic) bond motifs is 2. The number of pyridine rings is 2. The van der Waals surface area contributed by atoms with E-state index in [0.717, 1.165) is 10.9 Å². The number of methoxy groups -OCH3 is 1. The second-order valence-corrected chi connectivity index (χ2v) is 5.18. The highest BCUT2D eigenvalue weighted by Crippen LogP contribution is 2.33. The number of benzene rings is 1. The number of nitrogens with one attached hydrogen (secondary N) is 1. The first kappa shape index (κ1) is 15.9. The Morgan fingerprint density at radius 3 is 2.79 bits per heavy atom. The van der Waals surface area contributed by atoms with Crippen molar-refractivity contribution in [3.8, 4) is 22.8 Å². The molecule has 4 aromatic rings. The molecule has 122 valence electrons. The molecule has 24 heavy (non-hydrogen) atoms. The lowest BCUT2D eigenvalue weighted by molar-refractivity contribution is 0.419. The SMILES string of the molecule is COc1ccc(-c2cn3cccc(O)c3n2)c2ccc(=O)[nH]c12.Cl. The van der Waals surface area contributed by atoms with Gasteiger partial charge in [0.2, 0.25) is 5.56 Å². The summed E-state index contributed by atoms with van der Waals surface area (Å²) < 4.78 is 7.07. The largest absolute Gasteiger partial charge is 0.504 e. The van der Waals surface area contributed by atoms with E-state index in [4.69, 9.17) is 4.74 Å². The second kappa shape index (κ2) is 5.90. The molecule has 0 unspecified atom stereocenters. The summed E-state index contributed by atoms with van der Waals surface area (Å²) in [5.41, 5.74) is 2.46. The van der Waals surface area contributed by atoms with Crippen molar-refractivity contribution in [2.45, 2.75) is 0 Å². The van der Waals surface area contributed by atoms with Crippen LogP contribution in [0.1, 0.15) is 0 Å². The van der Waals surface area contributed by atoms with Gasteiger partial charge >= 0.3 is 0 Å². The third-order valence-corrected chi connectivity index (χ3v) is 3.81. The predicted molar refractivity (Wildman–Crippen MR) is 94.2 cm³/mol. The van der Waals surface area contributed by atoms with Crippen LogP contribution >= 0.6 is 12.4 Å². The molecule has 0 aliphatic carbocycles. The zero-order chi connectivity index (χ0) is 16.0. The number of H-pyrrole nitrogens is 1. The lowest BCUT2D eigenvalue weighted by Crippen LogP contribution is -2.04. The van der Waals surface area contributed by atoms with Gasteiger partial charge in [-0.15, -0.1) is 12.4 Å². The van der Waals surface area contributed by atoms with Crippen molar-refractivity contribution in [2.24, 2.45) is 0 Å². The molecule has 0 saturated carbocycles. The maximum Gasteiger partial charge on any atom is 0.248 e. The van der Waals surface area contributed by atoms with Gasteiger partial charge in [-0.25, -0.2) is 4.98 Å². The average Bonchev–Trinajstić information content (AvgIpc) is 2.99. The van der Waals surface area contributed by atoms with Crippen LogP contribution in [0, 0.1) is 0 Å². The van der Waals surface area contributed by atoms with Crippen LogP contribution in [-0.2, 0) is 0 Å². The minimum Gasteiger partial charge on any atom is -0.504 e. The van der Waals surface area contributed by atoms with Crippen molar-refractivity contribution in [3.63, 3.8) is 0 Å². The zero-order valence-electron chi connectivity index (χ0n) is 12.7. The summed E-state index contributed by atoms with van der Waals surface area (Å²) >= 11 is 0. The highest BCUT2D eigenvalue weighted by Gasteiger charge is 2.13. The maximum absolute atomic E-state index is 11.6. The van der Waals surface area contributed by atoms with Gasteiger partial charge in [0, 0.05) is 29.4 Å². The number of aromatic amines is 1. The van der Waals surface area contributed by atoms with E-state index >= 15 is 0 Å². The van der Waals surface area contributed by atoms with Crippen LogP contribution in [-0.4, -0.2) is 26.6 Å². The molecule has 6 nitrogen and oxygen atoms in total. The summed E-state index contributed by atoms with van der Waals surface area (Å²) in [6.45, 7) is 0. The molecule has 2 N–H and O–H groups in total. The second-order valence-electron chi connectivity index (χ2n) is 5.18. The van der Waals surface area contributed by atoms with E-state index < -0.39 is 0 Å². The number of imidazole rings is 1. The van der Waals surface area contributed by atoms with Gasteiger partial charge < -0.3 is 19.2 Å². The van der Waals surface area contributed by atoms with E-state index in [2.05, 4.69) is 9.97 Å². The summed E-state index contributed by atoms with van der Waals surface area (Å²) in [7, 11) is 1.56. The van der Waals surface area contributed by atoms with Gasteiger partial charge in [-0.05, 0) is 30.3 Å². The van der Waals surface area contributed by atoms with Crippen molar-refractivity contribution in [1.82, 2.24) is 14.4 Å². The Morgan fingerprint density at radius 1 is 1.21 bits per heavy atom. The number of aromatic nitrogens is 3. The fourth-order valence-corrected chi connectivity index (χ4v) is 2.75. The van der Waals surface area contributed by atoms with Crippen LogP contribution in [0.5, 0.6) is 11.5 Å². The Balaban J connectivity index is 0.00000169. The van der Waals surface area contributed by atoms with Crippen LogP contribution in [0.2, 0.25) is 0 Å². The molecule has 0 amide bonds. The molecular formula is C17H14ClN3O3. The minimum absolute atomic E-state index is 0. The van der Waals surface area contributed by atoms with E-state index in [1.165, 1.54) is 6.07 Å². The smallest absolute Gasteiger partial charge is 0.248 e. The third-order valence-electron chi connectivity index (χ3n) is 3.81. The molecule has 0 aliphatic rings. The number of hydrogen-bond acceptors (Lipinski definition) is 4. The zero-order valence-corrected chi connectivity index (χ0v) is 13.5. The lowest BCUT2D eigenvalue weighted by Gasteiger charge is -2.08. The first-order valence-electron chi connectivity index (χ1n) is 7.04. The topological polar surface area (TPSA) is 79.6 Å². The molecule has 0 spiro atoms. The first-order chi connectivity index (χ1) is 11.2. The monoisotopic (exact) mass is 343 g/mol. The molecule has 0 fully saturated rings. The van der Waals surface area contributed by atoms with Crippen molar-refractivity contribution in [2.75, 3.05) is 7.11 Å². The van der Waals surface area contributed by atoms with E-state index in [1.807, 2.05) is 18.5 Å². The van der Waals surface area contributed by atoms with Gasteiger partial charge in [0.05, 0.1) is 18.3 Å². The number of nitrogens with zero attached hydrogens (tertiary/aromatic N) is 2. The van der Waals surface area contributed by atoms with Crippen LogP contribution < -0.4 is 10.3 Å². The minimum atomic E-state index is -0.194. The van der Waals surface area contributed by atoms with Crippen molar-refractivity contribution in [1.29, 1.82) is 0 Å². The van der Waals surface area contributed by atoms with Gasteiger partial charge in [-0.2, -0.15) is 0 Å². The first-order valence-corrected chi connectivity index (χ1v) is 7.04. The fourth-order valence-electron chi connectivity index (χ4n) is 2.75. The van der Waals surface area contributed by atoms with Gasteiger partial charge in [0.15, 0.2) is 11.4 Å². The number of rotatable bonds is 2. The molecule has 4 rings (SSSR count). The number of ether oxygens (including phenoxy) is 1. The highest BCUT2D eigenvalue weighted by atomic mass is 35.5. The van der Waals surface area contributed by atoms with Crippen LogP contribution in [0.25, 0.3) is 27.8 Å². The van der Waals surface area contributed by atoms with E-state index in [1.54, 1.807) is 35.8 Å².